The molecule has 0 saturated carbocycles. The van der Waals surface area contributed by atoms with Crippen LogP contribution in [0.1, 0.15) is 27.7 Å². The van der Waals surface area contributed by atoms with Crippen LogP contribution in [0.2, 0.25) is 0 Å². The molecular weight excluding hydrogens is 254 g/mol. The van der Waals surface area contributed by atoms with Crippen LogP contribution in [0.25, 0.3) is 28.7 Å². The predicted octanol–water partition coefficient (Wildman–Crippen LogP) is 4.26. The quantitative estimate of drug-likeness (QED) is 0.626. The number of hydrogen-bond donors (Lipinski definition) is 0. The Morgan fingerprint density at radius 1 is 0.762 bits per heavy atom. The van der Waals surface area contributed by atoms with Crippen molar-refractivity contribution in [3.05, 3.63) is 65.2 Å². The zero-order chi connectivity index (χ0) is 15.2. The van der Waals surface area contributed by atoms with E-state index in [-0.39, 0.29) is 0 Å². The smallest absolute Gasteiger partial charge is 0.0540 e. The lowest BCUT2D eigenvalue weighted by Gasteiger charge is -2.05. The summed E-state index contributed by atoms with van der Waals surface area (Å²) in [7, 11) is 0. The summed E-state index contributed by atoms with van der Waals surface area (Å²) in [5.74, 6) is 0. The molecule has 0 aliphatic rings. The lowest BCUT2D eigenvalue weighted by Crippen LogP contribution is -2.27. The van der Waals surface area contributed by atoms with E-state index >= 15 is 0 Å². The van der Waals surface area contributed by atoms with Crippen molar-refractivity contribution in [1.82, 2.24) is 4.57 Å². The molecule has 108 valence electrons. The van der Waals surface area contributed by atoms with Crippen molar-refractivity contribution < 1.29 is 0 Å². The standard InChI is InChI=1S/C18H17N.C2H6/c1-3-15-16-12-8-9-13-18(16)19(17(15)4-2)14-10-6-5-7-11-14;1-2/h3-13H,1-2H3;1-2H3/b15-3-,17-4+;. The molecule has 0 amide bonds. The van der Waals surface area contributed by atoms with Crippen LogP contribution in [0.5, 0.6) is 0 Å². The molecule has 1 nitrogen and oxygen atoms in total. The highest BCUT2D eigenvalue weighted by atomic mass is 15.0. The number of rotatable bonds is 1. The number of aromatic nitrogens is 1. The molecule has 0 unspecified atom stereocenters. The summed E-state index contributed by atoms with van der Waals surface area (Å²) in [6.07, 6.45) is 4.37. The van der Waals surface area contributed by atoms with Crippen LogP contribution >= 0.6 is 0 Å². The second-order valence-electron chi connectivity index (χ2n) is 4.56. The summed E-state index contributed by atoms with van der Waals surface area (Å²) in [5.41, 5.74) is 2.47. The highest BCUT2D eigenvalue weighted by Gasteiger charge is 2.07. The van der Waals surface area contributed by atoms with Gasteiger partial charge >= 0.3 is 0 Å². The van der Waals surface area contributed by atoms with Gasteiger partial charge in [0, 0.05) is 21.6 Å². The van der Waals surface area contributed by atoms with Gasteiger partial charge in [0.2, 0.25) is 0 Å². The summed E-state index contributed by atoms with van der Waals surface area (Å²) in [6.45, 7) is 8.20. The summed E-state index contributed by atoms with van der Waals surface area (Å²) in [6, 6.07) is 19.1. The van der Waals surface area contributed by atoms with Crippen LogP contribution in [0.15, 0.2) is 54.6 Å². The number of para-hydroxylation sites is 2. The molecule has 3 aromatic rings. The first kappa shape index (κ1) is 15.1. The van der Waals surface area contributed by atoms with Crippen LogP contribution in [0.3, 0.4) is 0 Å². The van der Waals surface area contributed by atoms with Gasteiger partial charge in [-0.25, -0.2) is 0 Å². The highest BCUT2D eigenvalue weighted by Crippen LogP contribution is 2.14. The fourth-order valence-corrected chi connectivity index (χ4v) is 2.73. The van der Waals surface area contributed by atoms with Gasteiger partial charge in [-0.2, -0.15) is 0 Å². The number of benzene rings is 2. The molecule has 1 heteroatoms. The first-order valence-electron chi connectivity index (χ1n) is 7.64. The van der Waals surface area contributed by atoms with Crippen molar-refractivity contribution in [2.24, 2.45) is 0 Å². The van der Waals surface area contributed by atoms with Crippen molar-refractivity contribution >= 4 is 23.1 Å². The Kier molecular flexibility index (Phi) is 4.99. The third-order valence-corrected chi connectivity index (χ3v) is 3.53. The van der Waals surface area contributed by atoms with Gasteiger partial charge in [-0.05, 0) is 32.0 Å². The Morgan fingerprint density at radius 3 is 2.00 bits per heavy atom. The first-order valence-corrected chi connectivity index (χ1v) is 7.64. The van der Waals surface area contributed by atoms with Gasteiger partial charge < -0.3 is 4.57 Å². The minimum absolute atomic E-state index is 1.21. The molecule has 1 heterocycles. The lowest BCUT2D eigenvalue weighted by molar-refractivity contribution is 1.07. The number of nitrogens with zero attached hydrogens (tertiary/aromatic N) is 1. The molecule has 0 radical (unpaired) electrons. The van der Waals surface area contributed by atoms with Crippen molar-refractivity contribution in [3.63, 3.8) is 0 Å². The van der Waals surface area contributed by atoms with Crippen LogP contribution in [0, 0.1) is 0 Å². The maximum absolute atomic E-state index is 2.32. The second kappa shape index (κ2) is 6.94. The molecule has 0 aliphatic carbocycles. The molecule has 0 spiro atoms. The van der Waals surface area contributed by atoms with Gasteiger partial charge in [0.05, 0.1) is 5.52 Å². The van der Waals surface area contributed by atoms with E-state index in [2.05, 4.69) is 85.2 Å². The van der Waals surface area contributed by atoms with Gasteiger partial charge in [-0.1, -0.05) is 62.4 Å². The van der Waals surface area contributed by atoms with Gasteiger partial charge in [-0.3, -0.25) is 0 Å². The Hall–Kier alpha value is -2.28. The molecule has 0 bridgehead atoms. The maximum Gasteiger partial charge on any atom is 0.0540 e. The van der Waals surface area contributed by atoms with E-state index in [1.54, 1.807) is 0 Å². The largest absolute Gasteiger partial charge is 0.310 e. The monoisotopic (exact) mass is 277 g/mol. The predicted molar refractivity (Wildman–Crippen MR) is 94.2 cm³/mol. The topological polar surface area (TPSA) is 4.93 Å². The third kappa shape index (κ3) is 2.64. The first-order chi connectivity index (χ1) is 10.4. The van der Waals surface area contributed by atoms with E-state index in [0.29, 0.717) is 0 Å². The molecule has 21 heavy (non-hydrogen) atoms. The molecule has 0 atom stereocenters. The Bertz CT molecular complexity index is 823. The van der Waals surface area contributed by atoms with Crippen LogP contribution in [-0.2, 0) is 0 Å². The fraction of sp³-hybridized carbons (Fsp3) is 0.200. The highest BCUT2D eigenvalue weighted by molar-refractivity contribution is 5.83. The molecule has 0 aliphatic heterocycles. The second-order valence-corrected chi connectivity index (χ2v) is 4.56. The molecular formula is C20H23N. The van der Waals surface area contributed by atoms with Crippen molar-refractivity contribution in [2.45, 2.75) is 27.7 Å². The Morgan fingerprint density at radius 2 is 1.38 bits per heavy atom. The summed E-state index contributed by atoms with van der Waals surface area (Å²) >= 11 is 0. The van der Waals surface area contributed by atoms with Crippen molar-refractivity contribution in [3.8, 4) is 5.69 Å². The average Bonchev–Trinajstić information content (AvgIpc) is 2.90. The third-order valence-electron chi connectivity index (χ3n) is 3.53. The zero-order valence-electron chi connectivity index (χ0n) is 13.3. The van der Waals surface area contributed by atoms with E-state index in [0.717, 1.165) is 0 Å². The van der Waals surface area contributed by atoms with Gasteiger partial charge in [0.1, 0.15) is 0 Å². The van der Waals surface area contributed by atoms with Crippen molar-refractivity contribution in [2.75, 3.05) is 0 Å². The van der Waals surface area contributed by atoms with E-state index < -0.39 is 0 Å². The summed E-state index contributed by atoms with van der Waals surface area (Å²) in [4.78, 5) is 0. The maximum atomic E-state index is 2.32. The SMILES string of the molecule is C/C=c1\c(=C/C)n(-c2ccccc2)c2ccccc12.CC. The molecule has 0 fully saturated rings. The summed E-state index contributed by atoms with van der Waals surface area (Å²) < 4.78 is 2.32. The van der Waals surface area contributed by atoms with E-state index in [1.165, 1.54) is 27.2 Å². The van der Waals surface area contributed by atoms with E-state index in [1.807, 2.05) is 13.8 Å². The normalized spacial score (nSPS) is 12.4. The molecule has 1 aromatic heterocycles. The van der Waals surface area contributed by atoms with Crippen molar-refractivity contribution in [1.29, 1.82) is 0 Å². The Balaban J connectivity index is 0.000000774. The van der Waals surface area contributed by atoms with Gasteiger partial charge in [0.25, 0.3) is 0 Å². The number of hydrogen-bond acceptors (Lipinski definition) is 0. The molecule has 0 N–H and O–H groups in total. The summed E-state index contributed by atoms with van der Waals surface area (Å²) in [5, 5.41) is 3.87. The molecule has 3 rings (SSSR count). The number of fused-ring (bicyclic) bond motifs is 1. The average molecular weight is 277 g/mol. The Labute approximate surface area is 126 Å². The minimum atomic E-state index is 1.21. The minimum Gasteiger partial charge on any atom is -0.310 e. The van der Waals surface area contributed by atoms with E-state index in [4.69, 9.17) is 0 Å². The van der Waals surface area contributed by atoms with E-state index in [9.17, 15) is 0 Å². The van der Waals surface area contributed by atoms with Crippen LogP contribution in [0.4, 0.5) is 0 Å². The fourth-order valence-electron chi connectivity index (χ4n) is 2.73. The molecule has 0 saturated heterocycles. The lowest BCUT2D eigenvalue weighted by atomic mass is 10.2. The molecule has 2 aromatic carbocycles. The van der Waals surface area contributed by atoms with Gasteiger partial charge in [-0.15, -0.1) is 0 Å². The zero-order valence-corrected chi connectivity index (χ0v) is 13.3. The van der Waals surface area contributed by atoms with Crippen LogP contribution < -0.4 is 10.6 Å². The van der Waals surface area contributed by atoms with Gasteiger partial charge in [0.15, 0.2) is 0 Å². The van der Waals surface area contributed by atoms with Crippen LogP contribution in [-0.4, -0.2) is 4.57 Å².